The van der Waals surface area contributed by atoms with Gasteiger partial charge >= 0.3 is 0 Å². The van der Waals surface area contributed by atoms with E-state index in [0.717, 1.165) is 41.9 Å². The van der Waals surface area contributed by atoms with E-state index in [2.05, 4.69) is 22.0 Å². The van der Waals surface area contributed by atoms with Gasteiger partial charge in [0.2, 0.25) is 10.0 Å². The van der Waals surface area contributed by atoms with E-state index >= 15 is 0 Å². The van der Waals surface area contributed by atoms with Crippen LogP contribution in [0, 0.1) is 0 Å². The minimum absolute atomic E-state index is 0.320. The van der Waals surface area contributed by atoms with Crippen molar-refractivity contribution >= 4 is 26.9 Å². The lowest BCUT2D eigenvalue weighted by atomic mass is 10.1. The lowest BCUT2D eigenvalue weighted by molar-refractivity contribution is 0.384. The highest BCUT2D eigenvalue weighted by atomic mass is 32.2. The minimum Gasteiger partial charge on any atom is -0.353 e. The summed E-state index contributed by atoms with van der Waals surface area (Å²) in [6.45, 7) is 3.92. The Labute approximate surface area is 199 Å². The van der Waals surface area contributed by atoms with Crippen molar-refractivity contribution in [1.82, 2.24) is 19.4 Å². The Kier molecular flexibility index (Phi) is 6.30. The number of benzene rings is 2. The van der Waals surface area contributed by atoms with Gasteiger partial charge in [-0.15, -0.1) is 0 Å². The molecule has 0 atom stereocenters. The molecule has 8 nitrogen and oxygen atoms in total. The maximum atomic E-state index is 13.1. The van der Waals surface area contributed by atoms with Crippen molar-refractivity contribution in [2.45, 2.75) is 31.1 Å². The van der Waals surface area contributed by atoms with E-state index in [1.165, 1.54) is 0 Å². The summed E-state index contributed by atoms with van der Waals surface area (Å²) in [7, 11) is -3.53. The zero-order valence-electron chi connectivity index (χ0n) is 19.1. The van der Waals surface area contributed by atoms with Gasteiger partial charge in [0.15, 0.2) is 0 Å². The molecule has 0 aliphatic carbocycles. The van der Waals surface area contributed by atoms with Crippen molar-refractivity contribution in [3.8, 4) is 11.3 Å². The predicted octanol–water partition coefficient (Wildman–Crippen LogP) is 4.14. The van der Waals surface area contributed by atoms with Gasteiger partial charge in [-0.3, -0.25) is 0 Å². The summed E-state index contributed by atoms with van der Waals surface area (Å²) < 4.78 is 33.3. The van der Waals surface area contributed by atoms with Gasteiger partial charge in [-0.2, -0.15) is 9.29 Å². The van der Waals surface area contributed by atoms with Crippen LogP contribution in [-0.4, -0.2) is 54.0 Å². The molecule has 3 heterocycles. The molecule has 0 radical (unpaired) electrons. The highest BCUT2D eigenvalue weighted by Gasteiger charge is 2.31. The first-order chi connectivity index (χ1) is 16.6. The van der Waals surface area contributed by atoms with E-state index < -0.39 is 10.0 Å². The summed E-state index contributed by atoms with van der Waals surface area (Å²) in [5.74, 6) is 1.48. The number of aromatic nitrogens is 3. The number of fused-ring (bicyclic) bond motifs is 1. The van der Waals surface area contributed by atoms with Crippen molar-refractivity contribution < 1.29 is 12.9 Å². The standard InChI is InChI=1S/C25H27N5O3S/c1-2-3-14-21-26-24(22-23(28-33-25(22)27-21)19-10-6-4-7-11-19)29-15-17-30(18-16-29)34(31,32)20-12-8-5-9-13-20/h4-13H,2-3,14-18H2,1H3. The van der Waals surface area contributed by atoms with Gasteiger partial charge in [0.05, 0.1) is 4.90 Å². The number of nitrogens with zero attached hydrogens (tertiary/aromatic N) is 5. The molecule has 176 valence electrons. The predicted molar refractivity (Wildman–Crippen MR) is 131 cm³/mol. The molecule has 0 N–H and O–H groups in total. The van der Waals surface area contributed by atoms with Crippen molar-refractivity contribution in [3.63, 3.8) is 0 Å². The number of sulfonamides is 1. The number of anilines is 1. The molecule has 0 amide bonds. The summed E-state index contributed by atoms with van der Waals surface area (Å²) in [6, 6.07) is 18.4. The van der Waals surface area contributed by atoms with Crippen LogP contribution in [-0.2, 0) is 16.4 Å². The molecule has 1 aliphatic heterocycles. The zero-order valence-corrected chi connectivity index (χ0v) is 19.9. The number of hydrogen-bond acceptors (Lipinski definition) is 7. The Morgan fingerprint density at radius 2 is 1.59 bits per heavy atom. The molecule has 0 spiro atoms. The lowest BCUT2D eigenvalue weighted by Gasteiger charge is -2.35. The smallest absolute Gasteiger partial charge is 0.263 e. The normalized spacial score (nSPS) is 15.1. The van der Waals surface area contributed by atoms with E-state index in [-0.39, 0.29) is 0 Å². The summed E-state index contributed by atoms with van der Waals surface area (Å²) in [5, 5.41) is 5.10. The second kappa shape index (κ2) is 9.52. The van der Waals surface area contributed by atoms with Crippen LogP contribution >= 0.6 is 0 Å². The Bertz CT molecular complexity index is 1370. The van der Waals surface area contributed by atoms with Gasteiger partial charge < -0.3 is 9.42 Å². The summed E-state index contributed by atoms with van der Waals surface area (Å²) >= 11 is 0. The maximum absolute atomic E-state index is 13.1. The molecule has 5 rings (SSSR count). The third kappa shape index (κ3) is 4.28. The largest absolute Gasteiger partial charge is 0.353 e. The second-order valence-electron chi connectivity index (χ2n) is 8.35. The first-order valence-electron chi connectivity index (χ1n) is 11.6. The minimum atomic E-state index is -3.53. The molecule has 1 saturated heterocycles. The lowest BCUT2D eigenvalue weighted by Crippen LogP contribution is -2.49. The van der Waals surface area contributed by atoms with Crippen molar-refractivity contribution in [3.05, 3.63) is 66.5 Å². The van der Waals surface area contributed by atoms with Crippen molar-refractivity contribution in [2.75, 3.05) is 31.1 Å². The van der Waals surface area contributed by atoms with Gasteiger partial charge in [-0.25, -0.2) is 13.4 Å². The summed E-state index contributed by atoms with van der Waals surface area (Å²) in [6.07, 6.45) is 2.77. The van der Waals surface area contributed by atoms with E-state index in [4.69, 9.17) is 9.51 Å². The first-order valence-corrected chi connectivity index (χ1v) is 13.0. The third-order valence-corrected chi connectivity index (χ3v) is 8.00. The van der Waals surface area contributed by atoms with Crippen LogP contribution in [0.2, 0.25) is 0 Å². The number of piperazine rings is 1. The fourth-order valence-electron chi connectivity index (χ4n) is 4.23. The van der Waals surface area contributed by atoms with Crippen LogP contribution in [0.4, 0.5) is 5.82 Å². The fourth-order valence-corrected chi connectivity index (χ4v) is 5.67. The molecule has 0 unspecified atom stereocenters. The van der Waals surface area contributed by atoms with Crippen molar-refractivity contribution in [1.29, 1.82) is 0 Å². The molecule has 0 bridgehead atoms. The van der Waals surface area contributed by atoms with E-state index in [9.17, 15) is 8.42 Å². The molecule has 4 aromatic rings. The van der Waals surface area contributed by atoms with Crippen LogP contribution in [0.1, 0.15) is 25.6 Å². The van der Waals surface area contributed by atoms with Crippen LogP contribution < -0.4 is 4.90 Å². The van der Waals surface area contributed by atoms with Gasteiger partial charge in [0.25, 0.3) is 5.71 Å². The monoisotopic (exact) mass is 477 g/mol. The first kappa shape index (κ1) is 22.5. The van der Waals surface area contributed by atoms with Crippen LogP contribution in [0.15, 0.2) is 70.1 Å². The Morgan fingerprint density at radius 3 is 2.26 bits per heavy atom. The Hall–Kier alpha value is -3.30. The number of hydrogen-bond donors (Lipinski definition) is 0. The number of unbranched alkanes of at least 4 members (excludes halogenated alkanes) is 1. The molecule has 0 saturated carbocycles. The molecule has 34 heavy (non-hydrogen) atoms. The van der Waals surface area contributed by atoms with E-state index in [1.54, 1.807) is 28.6 Å². The quantitative estimate of drug-likeness (QED) is 0.395. The van der Waals surface area contributed by atoms with E-state index in [0.29, 0.717) is 42.5 Å². The van der Waals surface area contributed by atoms with Gasteiger partial charge in [-0.1, -0.05) is 67.0 Å². The van der Waals surface area contributed by atoms with E-state index in [1.807, 2.05) is 36.4 Å². The highest BCUT2D eigenvalue weighted by Crippen LogP contribution is 2.34. The molecule has 1 aliphatic rings. The molecule has 9 heteroatoms. The van der Waals surface area contributed by atoms with Crippen LogP contribution in [0.5, 0.6) is 0 Å². The number of aryl methyl sites for hydroxylation is 1. The van der Waals surface area contributed by atoms with Crippen molar-refractivity contribution in [2.24, 2.45) is 0 Å². The van der Waals surface area contributed by atoms with Gasteiger partial charge in [0.1, 0.15) is 22.7 Å². The fraction of sp³-hybridized carbons (Fsp3) is 0.320. The Balaban J connectivity index is 1.48. The third-order valence-electron chi connectivity index (χ3n) is 6.08. The summed E-state index contributed by atoms with van der Waals surface area (Å²) in [5.41, 5.74) is 2.10. The molecular formula is C25H27N5O3S. The molecule has 2 aromatic heterocycles. The second-order valence-corrected chi connectivity index (χ2v) is 10.3. The topological polar surface area (TPSA) is 92.4 Å². The van der Waals surface area contributed by atoms with Crippen LogP contribution in [0.25, 0.3) is 22.4 Å². The number of rotatable bonds is 7. The molecule has 2 aromatic carbocycles. The summed E-state index contributed by atoms with van der Waals surface area (Å²) in [4.78, 5) is 12.0. The molecular weight excluding hydrogens is 450 g/mol. The average Bonchev–Trinajstić information content (AvgIpc) is 3.32. The van der Waals surface area contributed by atoms with Gasteiger partial charge in [0, 0.05) is 38.2 Å². The highest BCUT2D eigenvalue weighted by molar-refractivity contribution is 7.89. The Morgan fingerprint density at radius 1 is 0.912 bits per heavy atom. The zero-order chi connectivity index (χ0) is 23.5. The average molecular weight is 478 g/mol. The SMILES string of the molecule is CCCCc1nc(N2CCN(S(=O)(=O)c3ccccc3)CC2)c2c(-c3ccccc3)noc2n1. The maximum Gasteiger partial charge on any atom is 0.263 e. The van der Waals surface area contributed by atoms with Crippen LogP contribution in [0.3, 0.4) is 0 Å². The molecule has 1 fully saturated rings. The van der Waals surface area contributed by atoms with Gasteiger partial charge in [-0.05, 0) is 18.6 Å².